The molecule has 1 aliphatic rings. The molecule has 1 aromatic carbocycles. The molecule has 2 aromatic rings. The van der Waals surface area contributed by atoms with E-state index in [2.05, 4.69) is 10.3 Å². The lowest BCUT2D eigenvalue weighted by Crippen LogP contribution is -2.34. The number of carboxylic acid groups (broad SMARTS) is 1. The molecule has 24 heavy (non-hydrogen) atoms. The Bertz CT molecular complexity index is 868. The zero-order valence-electron chi connectivity index (χ0n) is 13.1. The molecular weight excluding hydrogens is 310 g/mol. The predicted molar refractivity (Wildman–Crippen MR) is 89.1 cm³/mol. The molecule has 124 valence electrons. The third-order valence-electron chi connectivity index (χ3n) is 4.06. The van der Waals surface area contributed by atoms with E-state index in [4.69, 9.17) is 5.11 Å². The third kappa shape index (κ3) is 2.88. The second-order valence-electron chi connectivity index (χ2n) is 5.72. The third-order valence-corrected chi connectivity index (χ3v) is 4.06. The number of carboxylic acids is 1. The number of benzene rings is 1. The summed E-state index contributed by atoms with van der Waals surface area (Å²) in [6.45, 7) is 1.88. The molecule has 3 rings (SSSR count). The first-order valence-corrected chi connectivity index (χ1v) is 7.57. The highest BCUT2D eigenvalue weighted by Crippen LogP contribution is 2.29. The van der Waals surface area contributed by atoms with E-state index in [1.54, 1.807) is 30.5 Å². The van der Waals surface area contributed by atoms with Gasteiger partial charge in [-0.1, -0.05) is 0 Å². The number of rotatable bonds is 3. The summed E-state index contributed by atoms with van der Waals surface area (Å²) in [7, 11) is 0. The van der Waals surface area contributed by atoms with Crippen molar-refractivity contribution in [3.05, 3.63) is 58.4 Å². The van der Waals surface area contributed by atoms with E-state index >= 15 is 0 Å². The molecular formula is C17H17N3O4. The van der Waals surface area contributed by atoms with Gasteiger partial charge in [0.1, 0.15) is 17.1 Å². The van der Waals surface area contributed by atoms with Crippen LogP contribution in [0.25, 0.3) is 5.57 Å². The quantitative estimate of drug-likeness (QED) is 0.748. The number of fused-ring (bicyclic) bond motifs is 1. The average Bonchev–Trinajstić information content (AvgIpc) is 2.55. The second kappa shape index (κ2) is 6.19. The van der Waals surface area contributed by atoms with Crippen molar-refractivity contribution in [3.63, 3.8) is 0 Å². The second-order valence-corrected chi connectivity index (χ2v) is 5.72. The molecule has 7 nitrogen and oxygen atoms in total. The van der Waals surface area contributed by atoms with Gasteiger partial charge in [0.05, 0.1) is 0 Å². The fourth-order valence-electron chi connectivity index (χ4n) is 2.73. The van der Waals surface area contributed by atoms with Crippen molar-refractivity contribution in [1.82, 2.24) is 9.55 Å². The van der Waals surface area contributed by atoms with Crippen LogP contribution in [0.4, 0.5) is 5.69 Å². The van der Waals surface area contributed by atoms with Crippen molar-refractivity contribution in [2.75, 3.05) is 5.32 Å². The molecule has 0 aliphatic carbocycles. The summed E-state index contributed by atoms with van der Waals surface area (Å²) in [5, 5.41) is 21.5. The van der Waals surface area contributed by atoms with Crippen molar-refractivity contribution in [3.8, 4) is 5.75 Å². The van der Waals surface area contributed by atoms with Crippen LogP contribution < -0.4 is 10.9 Å². The van der Waals surface area contributed by atoms with Gasteiger partial charge in [-0.15, -0.1) is 0 Å². The van der Waals surface area contributed by atoms with Crippen LogP contribution in [0.5, 0.6) is 5.75 Å². The summed E-state index contributed by atoms with van der Waals surface area (Å²) in [4.78, 5) is 27.7. The summed E-state index contributed by atoms with van der Waals surface area (Å²) in [6, 6.07) is 6.49. The number of aromatic carboxylic acids is 1. The van der Waals surface area contributed by atoms with Crippen LogP contribution >= 0.6 is 0 Å². The molecule has 3 N–H and O–H groups in total. The fraction of sp³-hybridized carbons (Fsp3) is 0.235. The maximum Gasteiger partial charge on any atom is 0.342 e. The van der Waals surface area contributed by atoms with Gasteiger partial charge < -0.3 is 15.5 Å². The molecule has 7 heteroatoms. The molecule has 2 heterocycles. The Morgan fingerprint density at radius 3 is 2.75 bits per heavy atom. The standard InChI is InChI=1S/C17H17N3O4/c1-10-2-3-11(8-18-12-4-6-13(21)7-5-12)15-19-9-14(17(23)24)16(22)20(10)15/h4-10,18,21H,2-3H2,1H3,(H,23,24)/b11-8+. The first-order chi connectivity index (χ1) is 11.5. The van der Waals surface area contributed by atoms with Crippen molar-refractivity contribution in [2.45, 2.75) is 25.8 Å². The van der Waals surface area contributed by atoms with E-state index in [1.165, 1.54) is 4.57 Å². The van der Waals surface area contributed by atoms with Gasteiger partial charge in [0.25, 0.3) is 5.56 Å². The highest BCUT2D eigenvalue weighted by Gasteiger charge is 2.25. The number of aromatic nitrogens is 2. The summed E-state index contributed by atoms with van der Waals surface area (Å²) in [5.41, 5.74) is 0.763. The number of phenols is 1. The number of phenolic OH excluding ortho intramolecular Hbond substituents is 1. The van der Waals surface area contributed by atoms with Gasteiger partial charge in [0.2, 0.25) is 0 Å². The van der Waals surface area contributed by atoms with Gasteiger partial charge in [-0.05, 0) is 44.0 Å². The van der Waals surface area contributed by atoms with Crippen molar-refractivity contribution in [1.29, 1.82) is 0 Å². The monoisotopic (exact) mass is 327 g/mol. The van der Waals surface area contributed by atoms with Crippen LogP contribution in [0.3, 0.4) is 0 Å². The number of nitrogens with zero attached hydrogens (tertiary/aromatic N) is 2. The number of hydrogen-bond donors (Lipinski definition) is 3. The predicted octanol–water partition coefficient (Wildman–Crippen LogP) is 2.45. The lowest BCUT2D eigenvalue weighted by molar-refractivity contribution is 0.0693. The molecule has 1 aliphatic heterocycles. The van der Waals surface area contributed by atoms with Crippen LogP contribution in [0.2, 0.25) is 0 Å². The number of anilines is 1. The van der Waals surface area contributed by atoms with Crippen LogP contribution in [0, 0.1) is 0 Å². The number of aromatic hydroxyl groups is 1. The van der Waals surface area contributed by atoms with E-state index in [1.807, 2.05) is 6.92 Å². The first-order valence-electron chi connectivity index (χ1n) is 7.57. The molecule has 0 saturated carbocycles. The van der Waals surface area contributed by atoms with Gasteiger partial charge >= 0.3 is 5.97 Å². The SMILES string of the molecule is CC1CC/C(=C\Nc2ccc(O)cc2)c2ncc(C(=O)O)c(=O)n21. The topological polar surface area (TPSA) is 104 Å². The van der Waals surface area contributed by atoms with E-state index in [0.717, 1.165) is 30.3 Å². The van der Waals surface area contributed by atoms with Crippen molar-refractivity contribution in [2.24, 2.45) is 0 Å². The van der Waals surface area contributed by atoms with Crippen molar-refractivity contribution >= 4 is 17.2 Å². The minimum atomic E-state index is -1.27. The highest BCUT2D eigenvalue weighted by molar-refractivity contribution is 5.87. The molecule has 0 saturated heterocycles. The molecule has 1 atom stereocenters. The van der Waals surface area contributed by atoms with Gasteiger partial charge in [0.15, 0.2) is 0 Å². The molecule has 1 unspecified atom stereocenters. The molecule has 0 spiro atoms. The molecule has 1 aromatic heterocycles. The van der Waals surface area contributed by atoms with Crippen LogP contribution in [0.1, 0.15) is 42.0 Å². The fourth-order valence-corrected chi connectivity index (χ4v) is 2.73. The largest absolute Gasteiger partial charge is 0.508 e. The molecule has 0 bridgehead atoms. The molecule has 0 fully saturated rings. The zero-order valence-corrected chi connectivity index (χ0v) is 13.1. The lowest BCUT2D eigenvalue weighted by atomic mass is 10.0. The molecule has 0 amide bonds. The number of nitrogens with one attached hydrogen (secondary N) is 1. The zero-order chi connectivity index (χ0) is 17.3. The number of hydrogen-bond acceptors (Lipinski definition) is 5. The van der Waals surface area contributed by atoms with Gasteiger partial charge in [0, 0.05) is 29.7 Å². The Labute approximate surface area is 137 Å². The minimum Gasteiger partial charge on any atom is -0.508 e. The normalized spacial score (nSPS) is 18.2. The van der Waals surface area contributed by atoms with Crippen LogP contribution in [-0.4, -0.2) is 25.7 Å². The van der Waals surface area contributed by atoms with Gasteiger partial charge in [-0.3, -0.25) is 9.36 Å². The van der Waals surface area contributed by atoms with E-state index in [0.29, 0.717) is 5.82 Å². The average molecular weight is 327 g/mol. The van der Waals surface area contributed by atoms with E-state index in [-0.39, 0.29) is 17.4 Å². The first kappa shape index (κ1) is 15.8. The van der Waals surface area contributed by atoms with E-state index < -0.39 is 11.5 Å². The van der Waals surface area contributed by atoms with E-state index in [9.17, 15) is 14.7 Å². The maximum absolute atomic E-state index is 12.4. The lowest BCUT2D eigenvalue weighted by Gasteiger charge is -2.26. The Kier molecular flexibility index (Phi) is 4.07. The number of allylic oxidation sites excluding steroid dienone is 1. The minimum absolute atomic E-state index is 0.106. The Morgan fingerprint density at radius 1 is 1.38 bits per heavy atom. The van der Waals surface area contributed by atoms with Gasteiger partial charge in [-0.25, -0.2) is 9.78 Å². The highest BCUT2D eigenvalue weighted by atomic mass is 16.4. The molecule has 0 radical (unpaired) electrons. The van der Waals surface area contributed by atoms with Crippen LogP contribution in [-0.2, 0) is 0 Å². The summed E-state index contributed by atoms with van der Waals surface area (Å²) in [6.07, 6.45) is 4.33. The van der Waals surface area contributed by atoms with Gasteiger partial charge in [-0.2, -0.15) is 0 Å². The summed E-state index contributed by atoms with van der Waals surface area (Å²) >= 11 is 0. The summed E-state index contributed by atoms with van der Waals surface area (Å²) < 4.78 is 1.44. The Balaban J connectivity index is 1.98. The number of carbonyl (C=O) groups is 1. The van der Waals surface area contributed by atoms with Crippen LogP contribution in [0.15, 0.2) is 41.5 Å². The smallest absolute Gasteiger partial charge is 0.342 e. The Morgan fingerprint density at radius 2 is 2.08 bits per heavy atom. The van der Waals surface area contributed by atoms with Crippen molar-refractivity contribution < 1.29 is 15.0 Å². The maximum atomic E-state index is 12.4. The summed E-state index contributed by atoms with van der Waals surface area (Å²) in [5.74, 6) is -0.609. The Hall–Kier alpha value is -3.09.